The number of aromatic nitrogens is 1. The number of benzene rings is 3. The topological polar surface area (TPSA) is 59.3 Å². The number of pyridine rings is 1. The first-order valence-electron chi connectivity index (χ1n) is 9.74. The number of carbonyl (C=O) groups excluding carboxylic acids is 1. The standard InChI is InChI=1S/C26H21NO3/c1-18-23(24(28)20-13-7-3-8-14-20)25(29)22(17-19-11-5-2-6-12-19)26(30)27(18)21-15-9-4-10-16-21/h2-16,29H,17H2,1H3. The molecule has 4 rings (SSSR count). The molecule has 30 heavy (non-hydrogen) atoms. The van der Waals surface area contributed by atoms with E-state index in [4.69, 9.17) is 0 Å². The molecular formula is C26H21NO3. The Morgan fingerprint density at radius 1 is 0.833 bits per heavy atom. The first kappa shape index (κ1) is 19.4. The molecule has 0 unspecified atom stereocenters. The van der Waals surface area contributed by atoms with Crippen molar-refractivity contribution in [2.45, 2.75) is 13.3 Å². The smallest absolute Gasteiger partial charge is 0.262 e. The molecule has 1 heterocycles. The number of nitrogens with zero attached hydrogens (tertiary/aromatic N) is 1. The van der Waals surface area contributed by atoms with Crippen LogP contribution in [0.5, 0.6) is 5.75 Å². The van der Waals surface area contributed by atoms with Gasteiger partial charge in [0.1, 0.15) is 5.75 Å². The van der Waals surface area contributed by atoms with Crippen molar-refractivity contribution in [3.8, 4) is 11.4 Å². The van der Waals surface area contributed by atoms with Gasteiger partial charge in [0.2, 0.25) is 0 Å². The maximum Gasteiger partial charge on any atom is 0.262 e. The van der Waals surface area contributed by atoms with Gasteiger partial charge >= 0.3 is 0 Å². The largest absolute Gasteiger partial charge is 0.507 e. The SMILES string of the molecule is Cc1c(C(=O)c2ccccc2)c(O)c(Cc2ccccc2)c(=O)n1-c1ccccc1. The molecule has 1 N–H and O–H groups in total. The van der Waals surface area contributed by atoms with Crippen LogP contribution in [0.4, 0.5) is 0 Å². The zero-order chi connectivity index (χ0) is 21.1. The third kappa shape index (κ3) is 3.55. The van der Waals surface area contributed by atoms with Gasteiger partial charge in [0.25, 0.3) is 5.56 Å². The average Bonchev–Trinajstić information content (AvgIpc) is 2.79. The van der Waals surface area contributed by atoms with Crippen molar-refractivity contribution in [2.24, 2.45) is 0 Å². The van der Waals surface area contributed by atoms with Gasteiger partial charge in [-0.1, -0.05) is 78.9 Å². The summed E-state index contributed by atoms with van der Waals surface area (Å²) in [5.41, 5.74) is 2.42. The quantitative estimate of drug-likeness (QED) is 0.500. The Morgan fingerprint density at radius 3 is 1.97 bits per heavy atom. The molecule has 4 aromatic rings. The van der Waals surface area contributed by atoms with Gasteiger partial charge in [-0.2, -0.15) is 0 Å². The predicted octanol–water partition coefficient (Wildman–Crippen LogP) is 4.67. The Hall–Kier alpha value is -3.92. The molecule has 148 valence electrons. The van der Waals surface area contributed by atoms with Gasteiger partial charge in [-0.05, 0) is 24.6 Å². The monoisotopic (exact) mass is 395 g/mol. The zero-order valence-corrected chi connectivity index (χ0v) is 16.6. The third-order valence-corrected chi connectivity index (χ3v) is 5.18. The van der Waals surface area contributed by atoms with Crippen LogP contribution in [-0.2, 0) is 6.42 Å². The molecule has 3 aromatic carbocycles. The molecule has 0 bridgehead atoms. The van der Waals surface area contributed by atoms with Gasteiger partial charge in [-0.3, -0.25) is 14.2 Å². The van der Waals surface area contributed by atoms with Crippen molar-refractivity contribution in [3.63, 3.8) is 0 Å². The molecule has 4 nitrogen and oxygen atoms in total. The predicted molar refractivity (Wildman–Crippen MR) is 118 cm³/mol. The first-order chi connectivity index (χ1) is 14.6. The highest BCUT2D eigenvalue weighted by Gasteiger charge is 2.25. The van der Waals surface area contributed by atoms with Crippen LogP contribution >= 0.6 is 0 Å². The highest BCUT2D eigenvalue weighted by molar-refractivity contribution is 6.11. The van der Waals surface area contributed by atoms with E-state index in [0.29, 0.717) is 16.9 Å². The van der Waals surface area contributed by atoms with Crippen molar-refractivity contribution in [1.82, 2.24) is 4.57 Å². The van der Waals surface area contributed by atoms with Gasteiger partial charge in [-0.25, -0.2) is 0 Å². The highest BCUT2D eigenvalue weighted by atomic mass is 16.3. The van der Waals surface area contributed by atoms with Gasteiger partial charge in [-0.15, -0.1) is 0 Å². The highest BCUT2D eigenvalue weighted by Crippen LogP contribution is 2.29. The fraction of sp³-hybridized carbons (Fsp3) is 0.0769. The minimum absolute atomic E-state index is 0.149. The summed E-state index contributed by atoms with van der Waals surface area (Å²) < 4.78 is 1.51. The Balaban J connectivity index is 1.99. The fourth-order valence-corrected chi connectivity index (χ4v) is 3.68. The van der Waals surface area contributed by atoms with E-state index in [1.165, 1.54) is 4.57 Å². The fourth-order valence-electron chi connectivity index (χ4n) is 3.68. The van der Waals surface area contributed by atoms with E-state index in [-0.39, 0.29) is 34.6 Å². The van der Waals surface area contributed by atoms with E-state index in [0.717, 1.165) is 5.56 Å². The molecule has 0 saturated carbocycles. The summed E-state index contributed by atoms with van der Waals surface area (Å²) >= 11 is 0. The number of rotatable bonds is 5. The molecule has 0 saturated heterocycles. The maximum absolute atomic E-state index is 13.4. The lowest BCUT2D eigenvalue weighted by Gasteiger charge is -2.18. The maximum atomic E-state index is 13.4. The number of ketones is 1. The van der Waals surface area contributed by atoms with E-state index in [1.807, 2.05) is 66.7 Å². The number of aromatic hydroxyl groups is 1. The zero-order valence-electron chi connectivity index (χ0n) is 16.6. The van der Waals surface area contributed by atoms with Crippen molar-refractivity contribution >= 4 is 5.78 Å². The lowest BCUT2D eigenvalue weighted by Crippen LogP contribution is -2.27. The number of carbonyl (C=O) groups is 1. The molecule has 4 heteroatoms. The van der Waals surface area contributed by atoms with Crippen LogP contribution in [0.25, 0.3) is 5.69 Å². The second kappa shape index (κ2) is 8.21. The Morgan fingerprint density at radius 2 is 1.37 bits per heavy atom. The molecule has 0 fully saturated rings. The second-order valence-corrected chi connectivity index (χ2v) is 7.12. The van der Waals surface area contributed by atoms with E-state index in [2.05, 4.69) is 0 Å². The molecule has 0 amide bonds. The van der Waals surface area contributed by atoms with Crippen LogP contribution < -0.4 is 5.56 Å². The number of para-hydroxylation sites is 1. The van der Waals surface area contributed by atoms with Crippen LogP contribution in [0.15, 0.2) is 95.8 Å². The minimum atomic E-state index is -0.329. The molecule has 0 spiro atoms. The number of hydrogen-bond acceptors (Lipinski definition) is 3. The van der Waals surface area contributed by atoms with Crippen LogP contribution in [-0.4, -0.2) is 15.5 Å². The Kier molecular flexibility index (Phi) is 5.31. The van der Waals surface area contributed by atoms with E-state index in [9.17, 15) is 14.7 Å². The molecule has 0 radical (unpaired) electrons. The summed E-state index contributed by atoms with van der Waals surface area (Å²) in [7, 11) is 0. The Labute approximate surface area is 174 Å². The number of hydrogen-bond donors (Lipinski definition) is 1. The van der Waals surface area contributed by atoms with Gasteiger partial charge < -0.3 is 5.11 Å². The summed E-state index contributed by atoms with van der Waals surface area (Å²) in [5, 5.41) is 11.1. The minimum Gasteiger partial charge on any atom is -0.507 e. The summed E-state index contributed by atoms with van der Waals surface area (Å²) in [6.45, 7) is 1.69. The molecule has 0 aliphatic carbocycles. The normalized spacial score (nSPS) is 10.7. The van der Waals surface area contributed by atoms with Crippen LogP contribution in [0.2, 0.25) is 0 Å². The summed E-state index contributed by atoms with van der Waals surface area (Å²) in [6, 6.07) is 27.4. The summed E-state index contributed by atoms with van der Waals surface area (Å²) in [5.74, 6) is -0.563. The van der Waals surface area contributed by atoms with Crippen LogP contribution in [0.1, 0.15) is 32.7 Å². The molecule has 0 aliphatic rings. The van der Waals surface area contributed by atoms with Crippen LogP contribution in [0.3, 0.4) is 0 Å². The van der Waals surface area contributed by atoms with Crippen molar-refractivity contribution in [3.05, 3.63) is 129 Å². The van der Waals surface area contributed by atoms with Gasteiger partial charge in [0.05, 0.1) is 11.1 Å². The molecular weight excluding hydrogens is 374 g/mol. The third-order valence-electron chi connectivity index (χ3n) is 5.18. The molecule has 0 aliphatic heterocycles. The lowest BCUT2D eigenvalue weighted by atomic mass is 9.96. The first-order valence-corrected chi connectivity index (χ1v) is 9.74. The molecule has 1 aromatic heterocycles. The summed E-state index contributed by atoms with van der Waals surface area (Å²) in [4.78, 5) is 26.7. The van der Waals surface area contributed by atoms with Crippen molar-refractivity contribution < 1.29 is 9.90 Å². The van der Waals surface area contributed by atoms with Gasteiger partial charge in [0, 0.05) is 23.4 Å². The van der Waals surface area contributed by atoms with E-state index < -0.39 is 0 Å². The summed E-state index contributed by atoms with van der Waals surface area (Å²) in [6.07, 6.45) is 0.230. The van der Waals surface area contributed by atoms with E-state index >= 15 is 0 Å². The lowest BCUT2D eigenvalue weighted by molar-refractivity contribution is 0.103. The second-order valence-electron chi connectivity index (χ2n) is 7.12. The van der Waals surface area contributed by atoms with Gasteiger partial charge in [0.15, 0.2) is 5.78 Å². The van der Waals surface area contributed by atoms with E-state index in [1.54, 1.807) is 31.2 Å². The average molecular weight is 395 g/mol. The van der Waals surface area contributed by atoms with Crippen molar-refractivity contribution in [2.75, 3.05) is 0 Å². The van der Waals surface area contributed by atoms with Crippen LogP contribution in [0, 0.1) is 6.92 Å². The Bertz CT molecular complexity index is 1240. The van der Waals surface area contributed by atoms with Crippen molar-refractivity contribution in [1.29, 1.82) is 0 Å². The molecule has 0 atom stereocenters.